The van der Waals surface area contributed by atoms with E-state index in [1.54, 1.807) is 22.5 Å². The molecule has 0 unspecified atom stereocenters. The Balaban J connectivity index is 2.38. The smallest absolute Gasteiger partial charge is 0.349 e. The molecule has 0 aliphatic heterocycles. The van der Waals surface area contributed by atoms with E-state index in [0.717, 1.165) is 11.3 Å². The largest absolute Gasteiger partial charge is 0.383 e. The highest BCUT2D eigenvalue weighted by molar-refractivity contribution is 5.39. The van der Waals surface area contributed by atoms with E-state index < -0.39 is 0 Å². The lowest BCUT2D eigenvalue weighted by Crippen LogP contribution is -2.26. The summed E-state index contributed by atoms with van der Waals surface area (Å²) >= 11 is 0. The lowest BCUT2D eigenvalue weighted by atomic mass is 10.2. The standard InChI is InChI=1S/C11H16N6O/c1-7(2)17-5-8(10(12)13-11(17)18)4-9-6-16(3)15-14-9/h5-7H,4H2,1-3H3,(H2,12,13,18). The first-order chi connectivity index (χ1) is 8.47. The predicted octanol–water partition coefficient (Wildman–Crippen LogP) is 0.126. The van der Waals surface area contributed by atoms with Gasteiger partial charge in [-0.25, -0.2) is 4.79 Å². The lowest BCUT2D eigenvalue weighted by molar-refractivity contribution is 0.561. The zero-order valence-electron chi connectivity index (χ0n) is 10.7. The number of nitrogens with two attached hydrogens (primary N) is 1. The average molecular weight is 248 g/mol. The number of aryl methyl sites for hydroxylation is 1. The molecule has 2 heterocycles. The molecule has 0 fully saturated rings. The minimum atomic E-state index is -0.328. The van der Waals surface area contributed by atoms with Gasteiger partial charge in [0.25, 0.3) is 0 Å². The van der Waals surface area contributed by atoms with Crippen molar-refractivity contribution in [2.75, 3.05) is 5.73 Å². The fourth-order valence-electron chi connectivity index (χ4n) is 1.70. The highest BCUT2D eigenvalue weighted by atomic mass is 16.1. The average Bonchev–Trinajstić information content (AvgIpc) is 2.67. The molecule has 96 valence electrons. The van der Waals surface area contributed by atoms with Gasteiger partial charge in [-0.15, -0.1) is 5.10 Å². The number of nitrogens with zero attached hydrogens (tertiary/aromatic N) is 5. The Morgan fingerprint density at radius 1 is 1.39 bits per heavy atom. The summed E-state index contributed by atoms with van der Waals surface area (Å²) in [4.78, 5) is 15.5. The third kappa shape index (κ3) is 2.39. The van der Waals surface area contributed by atoms with Crippen molar-refractivity contribution in [1.82, 2.24) is 24.5 Å². The minimum absolute atomic E-state index is 0.0474. The van der Waals surface area contributed by atoms with Gasteiger partial charge in [0, 0.05) is 37.5 Å². The van der Waals surface area contributed by atoms with Gasteiger partial charge in [-0.2, -0.15) is 4.98 Å². The molecule has 0 spiro atoms. The Bertz CT molecular complexity index is 612. The molecule has 0 aliphatic rings. The Morgan fingerprint density at radius 2 is 2.11 bits per heavy atom. The van der Waals surface area contributed by atoms with E-state index in [9.17, 15) is 4.79 Å². The van der Waals surface area contributed by atoms with Gasteiger partial charge in [0.2, 0.25) is 0 Å². The van der Waals surface area contributed by atoms with E-state index in [4.69, 9.17) is 5.73 Å². The van der Waals surface area contributed by atoms with Crippen molar-refractivity contribution in [1.29, 1.82) is 0 Å². The molecule has 2 aromatic heterocycles. The monoisotopic (exact) mass is 248 g/mol. The van der Waals surface area contributed by atoms with Crippen molar-refractivity contribution in [2.24, 2.45) is 7.05 Å². The summed E-state index contributed by atoms with van der Waals surface area (Å²) in [6.45, 7) is 3.84. The molecule has 7 nitrogen and oxygen atoms in total. The third-order valence-electron chi connectivity index (χ3n) is 2.64. The SMILES string of the molecule is CC(C)n1cc(Cc2cn(C)nn2)c(N)nc1=O. The number of anilines is 1. The van der Waals surface area contributed by atoms with Crippen LogP contribution in [0.5, 0.6) is 0 Å². The summed E-state index contributed by atoms with van der Waals surface area (Å²) in [5.74, 6) is 0.252. The van der Waals surface area contributed by atoms with Crippen molar-refractivity contribution in [3.8, 4) is 0 Å². The van der Waals surface area contributed by atoms with Crippen molar-refractivity contribution in [3.05, 3.63) is 34.1 Å². The van der Waals surface area contributed by atoms with E-state index in [0.29, 0.717) is 6.42 Å². The van der Waals surface area contributed by atoms with Crippen LogP contribution in [0.3, 0.4) is 0 Å². The maximum absolute atomic E-state index is 11.6. The summed E-state index contributed by atoms with van der Waals surface area (Å²) < 4.78 is 3.18. The van der Waals surface area contributed by atoms with Gasteiger partial charge in [0.15, 0.2) is 0 Å². The molecular weight excluding hydrogens is 232 g/mol. The highest BCUT2D eigenvalue weighted by Gasteiger charge is 2.10. The molecule has 7 heteroatoms. The van der Waals surface area contributed by atoms with Crippen molar-refractivity contribution in [2.45, 2.75) is 26.3 Å². The van der Waals surface area contributed by atoms with Gasteiger partial charge < -0.3 is 5.73 Å². The Kier molecular flexibility index (Phi) is 3.14. The molecule has 0 bridgehead atoms. The third-order valence-corrected chi connectivity index (χ3v) is 2.64. The van der Waals surface area contributed by atoms with Crippen LogP contribution in [0.25, 0.3) is 0 Å². The minimum Gasteiger partial charge on any atom is -0.383 e. The molecule has 0 aliphatic carbocycles. The van der Waals surface area contributed by atoms with E-state index in [-0.39, 0.29) is 17.5 Å². The Labute approximate surface area is 104 Å². The first-order valence-corrected chi connectivity index (χ1v) is 5.70. The molecule has 2 rings (SSSR count). The molecule has 2 aromatic rings. The van der Waals surface area contributed by atoms with Crippen LogP contribution in [0, 0.1) is 0 Å². The highest BCUT2D eigenvalue weighted by Crippen LogP contribution is 2.12. The second kappa shape index (κ2) is 4.59. The summed E-state index contributed by atoms with van der Waals surface area (Å²) in [6, 6.07) is 0.0474. The second-order valence-corrected chi connectivity index (χ2v) is 4.50. The van der Waals surface area contributed by atoms with E-state index in [1.807, 2.05) is 20.0 Å². The molecule has 0 atom stereocenters. The molecular formula is C11H16N6O. The molecule has 0 radical (unpaired) electrons. The number of hydrogen-bond donors (Lipinski definition) is 1. The molecule has 0 saturated carbocycles. The first-order valence-electron chi connectivity index (χ1n) is 5.70. The normalized spacial score (nSPS) is 11.1. The van der Waals surface area contributed by atoms with Gasteiger partial charge in [-0.1, -0.05) is 5.21 Å². The second-order valence-electron chi connectivity index (χ2n) is 4.50. The van der Waals surface area contributed by atoms with Crippen LogP contribution in [0.2, 0.25) is 0 Å². The van der Waals surface area contributed by atoms with E-state index in [2.05, 4.69) is 15.3 Å². The van der Waals surface area contributed by atoms with Crippen LogP contribution in [-0.4, -0.2) is 24.5 Å². The fourth-order valence-corrected chi connectivity index (χ4v) is 1.70. The number of rotatable bonds is 3. The fraction of sp³-hybridized carbons (Fsp3) is 0.455. The molecule has 18 heavy (non-hydrogen) atoms. The van der Waals surface area contributed by atoms with Gasteiger partial charge in [0.1, 0.15) is 5.82 Å². The van der Waals surface area contributed by atoms with E-state index >= 15 is 0 Å². The van der Waals surface area contributed by atoms with Crippen LogP contribution in [-0.2, 0) is 13.5 Å². The van der Waals surface area contributed by atoms with Gasteiger partial charge in [0.05, 0.1) is 5.69 Å². The summed E-state index contributed by atoms with van der Waals surface area (Å²) in [5.41, 5.74) is 7.01. The number of hydrogen-bond acceptors (Lipinski definition) is 5. The predicted molar refractivity (Wildman–Crippen MR) is 67.1 cm³/mol. The zero-order valence-corrected chi connectivity index (χ0v) is 10.7. The van der Waals surface area contributed by atoms with E-state index in [1.165, 1.54) is 0 Å². The van der Waals surface area contributed by atoms with Crippen LogP contribution in [0.15, 0.2) is 17.2 Å². The number of nitrogen functional groups attached to an aromatic ring is 1. The lowest BCUT2D eigenvalue weighted by Gasteiger charge is -2.11. The quantitative estimate of drug-likeness (QED) is 0.833. The first kappa shape index (κ1) is 12.3. The van der Waals surface area contributed by atoms with Crippen LogP contribution in [0.4, 0.5) is 5.82 Å². The molecule has 0 saturated heterocycles. The summed E-state index contributed by atoms with van der Waals surface area (Å²) in [6.07, 6.45) is 4.06. The molecule has 2 N–H and O–H groups in total. The maximum atomic E-state index is 11.6. The van der Waals surface area contributed by atoms with Crippen LogP contribution < -0.4 is 11.4 Å². The Hall–Kier alpha value is -2.18. The van der Waals surface area contributed by atoms with Crippen molar-refractivity contribution < 1.29 is 0 Å². The Morgan fingerprint density at radius 3 is 2.67 bits per heavy atom. The zero-order chi connectivity index (χ0) is 13.3. The maximum Gasteiger partial charge on any atom is 0.349 e. The summed E-state index contributed by atoms with van der Waals surface area (Å²) in [7, 11) is 1.80. The van der Waals surface area contributed by atoms with Crippen LogP contribution in [0.1, 0.15) is 31.1 Å². The van der Waals surface area contributed by atoms with Crippen molar-refractivity contribution >= 4 is 5.82 Å². The topological polar surface area (TPSA) is 91.6 Å². The number of aromatic nitrogens is 5. The van der Waals surface area contributed by atoms with Crippen molar-refractivity contribution in [3.63, 3.8) is 0 Å². The van der Waals surface area contributed by atoms with Gasteiger partial charge in [-0.3, -0.25) is 9.25 Å². The molecule has 0 aromatic carbocycles. The molecule has 0 amide bonds. The van der Waals surface area contributed by atoms with Gasteiger partial charge in [-0.05, 0) is 13.8 Å². The summed E-state index contributed by atoms with van der Waals surface area (Å²) in [5, 5.41) is 7.85. The van der Waals surface area contributed by atoms with Gasteiger partial charge >= 0.3 is 5.69 Å². The van der Waals surface area contributed by atoms with Crippen LogP contribution >= 0.6 is 0 Å².